The van der Waals surface area contributed by atoms with Crippen LogP contribution in [-0.2, 0) is 0 Å². The Morgan fingerprint density at radius 2 is 2.20 bits per heavy atom. The number of hydrogen-bond acceptors (Lipinski definition) is 5. The van der Waals surface area contributed by atoms with Crippen LogP contribution in [-0.4, -0.2) is 40.2 Å². The van der Waals surface area contributed by atoms with Crippen molar-refractivity contribution in [1.82, 2.24) is 9.97 Å². The van der Waals surface area contributed by atoms with Gasteiger partial charge in [-0.15, -0.1) is 0 Å². The summed E-state index contributed by atoms with van der Waals surface area (Å²) in [7, 11) is 0. The maximum Gasteiger partial charge on any atom is 0.268 e. The number of hydrogen-bond donors (Lipinski definition) is 2. The SMILES string of the molecule is NC(=O)c1cncc(N2CCC[C@@]3(CCC[C@H]3O)C2)n1. The number of anilines is 1. The van der Waals surface area contributed by atoms with Gasteiger partial charge in [-0.05, 0) is 25.7 Å². The van der Waals surface area contributed by atoms with Crippen molar-refractivity contribution in [2.24, 2.45) is 11.1 Å². The second-order valence-electron chi connectivity index (χ2n) is 5.92. The number of piperidine rings is 1. The molecule has 0 unspecified atom stereocenters. The molecule has 0 radical (unpaired) electrons. The van der Waals surface area contributed by atoms with Crippen LogP contribution in [0, 0.1) is 5.41 Å². The van der Waals surface area contributed by atoms with Crippen LogP contribution in [0.5, 0.6) is 0 Å². The van der Waals surface area contributed by atoms with E-state index in [1.165, 1.54) is 6.20 Å². The van der Waals surface area contributed by atoms with E-state index in [0.29, 0.717) is 5.82 Å². The zero-order chi connectivity index (χ0) is 14.2. The molecule has 3 N–H and O–H groups in total. The molecule has 6 heteroatoms. The number of carbonyl (C=O) groups is 1. The molecule has 2 atom stereocenters. The molecule has 6 nitrogen and oxygen atoms in total. The number of rotatable bonds is 2. The predicted molar refractivity (Wildman–Crippen MR) is 74.3 cm³/mol. The molecule has 2 aliphatic rings. The Kier molecular flexibility index (Phi) is 3.33. The summed E-state index contributed by atoms with van der Waals surface area (Å²) >= 11 is 0. The Balaban J connectivity index is 1.83. The van der Waals surface area contributed by atoms with Gasteiger partial charge in [-0.25, -0.2) is 4.98 Å². The Bertz CT molecular complexity index is 522. The van der Waals surface area contributed by atoms with Gasteiger partial charge in [-0.1, -0.05) is 6.42 Å². The van der Waals surface area contributed by atoms with Gasteiger partial charge in [0.1, 0.15) is 11.5 Å². The summed E-state index contributed by atoms with van der Waals surface area (Å²) in [4.78, 5) is 21.7. The van der Waals surface area contributed by atoms with E-state index < -0.39 is 5.91 Å². The van der Waals surface area contributed by atoms with E-state index in [0.717, 1.165) is 45.2 Å². The number of nitrogens with zero attached hydrogens (tertiary/aromatic N) is 3. The number of aliphatic hydroxyl groups excluding tert-OH is 1. The van der Waals surface area contributed by atoms with Crippen molar-refractivity contribution in [3.63, 3.8) is 0 Å². The summed E-state index contributed by atoms with van der Waals surface area (Å²) < 4.78 is 0. The molecule has 1 amide bonds. The van der Waals surface area contributed by atoms with Gasteiger partial charge in [0.05, 0.1) is 18.5 Å². The highest BCUT2D eigenvalue weighted by atomic mass is 16.3. The molecule has 0 aromatic carbocycles. The van der Waals surface area contributed by atoms with Crippen molar-refractivity contribution < 1.29 is 9.90 Å². The van der Waals surface area contributed by atoms with Crippen molar-refractivity contribution in [3.8, 4) is 0 Å². The van der Waals surface area contributed by atoms with Crippen LogP contribution in [0.15, 0.2) is 12.4 Å². The minimum Gasteiger partial charge on any atom is -0.392 e. The summed E-state index contributed by atoms with van der Waals surface area (Å²) in [6.07, 6.45) is 7.95. The smallest absolute Gasteiger partial charge is 0.268 e. The van der Waals surface area contributed by atoms with E-state index in [1.54, 1.807) is 6.20 Å². The van der Waals surface area contributed by atoms with E-state index in [4.69, 9.17) is 5.73 Å². The quantitative estimate of drug-likeness (QED) is 0.829. The first-order chi connectivity index (χ1) is 9.61. The van der Waals surface area contributed by atoms with E-state index >= 15 is 0 Å². The van der Waals surface area contributed by atoms with Gasteiger partial charge in [-0.2, -0.15) is 0 Å². The van der Waals surface area contributed by atoms with Crippen molar-refractivity contribution in [2.45, 2.75) is 38.2 Å². The second-order valence-corrected chi connectivity index (χ2v) is 5.92. The van der Waals surface area contributed by atoms with Crippen LogP contribution >= 0.6 is 0 Å². The fourth-order valence-corrected chi connectivity index (χ4v) is 3.58. The molecule has 1 saturated carbocycles. The van der Waals surface area contributed by atoms with Crippen molar-refractivity contribution >= 4 is 11.7 Å². The van der Waals surface area contributed by atoms with E-state index in [1.807, 2.05) is 0 Å². The zero-order valence-corrected chi connectivity index (χ0v) is 11.5. The number of aromatic nitrogens is 2. The van der Waals surface area contributed by atoms with Gasteiger partial charge in [0.25, 0.3) is 5.91 Å². The molecular formula is C14H20N4O2. The predicted octanol–water partition coefficient (Wildman–Crippen LogP) is 0.707. The summed E-state index contributed by atoms with van der Waals surface area (Å²) in [6.45, 7) is 1.66. The highest BCUT2D eigenvalue weighted by Crippen LogP contribution is 2.45. The Labute approximate surface area is 118 Å². The fourth-order valence-electron chi connectivity index (χ4n) is 3.58. The molecule has 1 aromatic heterocycles. The molecule has 108 valence electrons. The minimum atomic E-state index is -0.563. The number of primary amides is 1. The molecule has 1 aliphatic carbocycles. The van der Waals surface area contributed by atoms with Crippen molar-refractivity contribution in [2.75, 3.05) is 18.0 Å². The van der Waals surface area contributed by atoms with Crippen LogP contribution < -0.4 is 10.6 Å². The van der Waals surface area contributed by atoms with Gasteiger partial charge < -0.3 is 15.7 Å². The van der Waals surface area contributed by atoms with Crippen LogP contribution in [0.3, 0.4) is 0 Å². The molecular weight excluding hydrogens is 256 g/mol. The first kappa shape index (κ1) is 13.3. The molecule has 2 heterocycles. The normalized spacial score (nSPS) is 29.9. The lowest BCUT2D eigenvalue weighted by molar-refractivity contribution is 0.0407. The Hall–Kier alpha value is -1.69. The average molecular weight is 276 g/mol. The number of amides is 1. The largest absolute Gasteiger partial charge is 0.392 e. The van der Waals surface area contributed by atoms with Gasteiger partial charge >= 0.3 is 0 Å². The van der Waals surface area contributed by atoms with Crippen LogP contribution in [0.2, 0.25) is 0 Å². The molecule has 1 aromatic rings. The van der Waals surface area contributed by atoms with Crippen molar-refractivity contribution in [1.29, 1.82) is 0 Å². The van der Waals surface area contributed by atoms with Gasteiger partial charge in [0.15, 0.2) is 0 Å². The van der Waals surface area contributed by atoms with Gasteiger partial charge in [-0.3, -0.25) is 9.78 Å². The maximum absolute atomic E-state index is 11.2. The molecule has 3 rings (SSSR count). The number of nitrogens with two attached hydrogens (primary N) is 1. The summed E-state index contributed by atoms with van der Waals surface area (Å²) in [5, 5.41) is 10.3. The first-order valence-electron chi connectivity index (χ1n) is 7.16. The van der Waals surface area contributed by atoms with Crippen LogP contribution in [0.25, 0.3) is 0 Å². The summed E-state index contributed by atoms with van der Waals surface area (Å²) in [5.74, 6) is 0.117. The molecule has 0 bridgehead atoms. The maximum atomic E-state index is 11.2. The standard InChI is InChI=1S/C14H20N4O2/c15-13(20)10-7-16-8-12(17-10)18-6-2-5-14(9-18)4-1-3-11(14)19/h7-8,11,19H,1-6,9H2,(H2,15,20)/t11-,14+/m1/s1. The van der Waals surface area contributed by atoms with Crippen molar-refractivity contribution in [3.05, 3.63) is 18.1 Å². The summed E-state index contributed by atoms with van der Waals surface area (Å²) in [6, 6.07) is 0. The molecule has 1 spiro atoms. The summed E-state index contributed by atoms with van der Waals surface area (Å²) in [5.41, 5.74) is 5.43. The third kappa shape index (κ3) is 2.24. The van der Waals surface area contributed by atoms with E-state index in [2.05, 4.69) is 14.9 Å². The van der Waals surface area contributed by atoms with Gasteiger partial charge in [0.2, 0.25) is 0 Å². The fraction of sp³-hybridized carbons (Fsp3) is 0.643. The second kappa shape index (κ2) is 5.01. The lowest BCUT2D eigenvalue weighted by Crippen LogP contribution is -2.47. The topological polar surface area (TPSA) is 92.3 Å². The highest BCUT2D eigenvalue weighted by Gasteiger charge is 2.45. The van der Waals surface area contributed by atoms with Crippen LogP contribution in [0.1, 0.15) is 42.6 Å². The van der Waals surface area contributed by atoms with Crippen LogP contribution in [0.4, 0.5) is 5.82 Å². The molecule has 20 heavy (non-hydrogen) atoms. The van der Waals surface area contributed by atoms with E-state index in [9.17, 15) is 9.90 Å². The van der Waals surface area contributed by atoms with Gasteiger partial charge in [0, 0.05) is 18.5 Å². The minimum absolute atomic E-state index is 0.0113. The zero-order valence-electron chi connectivity index (χ0n) is 11.5. The molecule has 2 fully saturated rings. The Morgan fingerprint density at radius 1 is 1.40 bits per heavy atom. The first-order valence-corrected chi connectivity index (χ1v) is 7.16. The highest BCUT2D eigenvalue weighted by molar-refractivity contribution is 5.90. The monoisotopic (exact) mass is 276 g/mol. The third-order valence-electron chi connectivity index (χ3n) is 4.67. The average Bonchev–Trinajstić information content (AvgIpc) is 2.80. The lowest BCUT2D eigenvalue weighted by Gasteiger charge is -2.43. The van der Waals surface area contributed by atoms with E-state index in [-0.39, 0.29) is 17.2 Å². The molecule has 1 saturated heterocycles. The number of carbonyl (C=O) groups excluding carboxylic acids is 1. The Morgan fingerprint density at radius 3 is 2.90 bits per heavy atom. The lowest BCUT2D eigenvalue weighted by atomic mass is 9.77. The number of aliphatic hydroxyl groups is 1. The molecule has 1 aliphatic heterocycles. The third-order valence-corrected chi connectivity index (χ3v) is 4.67.